The van der Waals surface area contributed by atoms with Crippen LogP contribution >= 0.6 is 15.9 Å². The Hall–Kier alpha value is -2.19. The maximum atomic E-state index is 9.06. The minimum absolute atomic E-state index is 0.430. The Morgan fingerprint density at radius 2 is 1.95 bits per heavy atom. The molecule has 2 rings (SSSR count). The van der Waals surface area contributed by atoms with Gasteiger partial charge in [-0.25, -0.2) is 0 Å². The van der Waals surface area contributed by atoms with Crippen molar-refractivity contribution in [3.05, 3.63) is 46.4 Å². The van der Waals surface area contributed by atoms with Crippen LogP contribution in [0.2, 0.25) is 0 Å². The Bertz CT molecular complexity index is 630. The molecule has 0 spiro atoms. The highest BCUT2D eigenvalue weighted by molar-refractivity contribution is 9.10. The molecule has 0 radical (unpaired) electrons. The molecule has 0 saturated heterocycles. The Kier molecular flexibility index (Phi) is 3.93. The molecule has 0 heterocycles. The molecule has 96 valence electrons. The fourth-order valence-corrected chi connectivity index (χ4v) is 2.07. The number of nitrogen functional groups attached to an aromatic ring is 1. The van der Waals surface area contributed by atoms with Gasteiger partial charge in [-0.3, -0.25) is 0 Å². The maximum Gasteiger partial charge on any atom is 0.148 e. The summed E-state index contributed by atoms with van der Waals surface area (Å²) in [5.74, 6) is 1.60. The van der Waals surface area contributed by atoms with Gasteiger partial charge in [-0.05, 0) is 24.3 Å². The third kappa shape index (κ3) is 3.18. The van der Waals surface area contributed by atoms with Crippen molar-refractivity contribution in [2.75, 3.05) is 12.8 Å². The van der Waals surface area contributed by atoms with Crippen molar-refractivity contribution in [3.63, 3.8) is 0 Å². The van der Waals surface area contributed by atoms with E-state index in [9.17, 15) is 0 Å². The van der Waals surface area contributed by atoms with Gasteiger partial charge in [0, 0.05) is 22.3 Å². The topological polar surface area (TPSA) is 68.3 Å². The molecule has 0 aliphatic rings. The number of nitrogens with zero attached hydrogens (tertiary/aromatic N) is 1. The molecular formula is C14H11BrN2O2. The van der Waals surface area contributed by atoms with Crippen molar-refractivity contribution in [2.45, 2.75) is 0 Å². The first-order valence-corrected chi connectivity index (χ1v) is 6.23. The van der Waals surface area contributed by atoms with E-state index in [1.807, 2.05) is 0 Å². The van der Waals surface area contributed by atoms with Gasteiger partial charge >= 0.3 is 0 Å². The third-order valence-electron chi connectivity index (χ3n) is 2.43. The van der Waals surface area contributed by atoms with E-state index in [4.69, 9.17) is 20.5 Å². The molecule has 0 bridgehead atoms. The van der Waals surface area contributed by atoms with Crippen molar-refractivity contribution in [2.24, 2.45) is 0 Å². The molecule has 0 aliphatic carbocycles. The van der Waals surface area contributed by atoms with Crippen molar-refractivity contribution < 1.29 is 9.47 Å². The number of hydrogen-bond acceptors (Lipinski definition) is 4. The number of nitrogens with two attached hydrogens (primary N) is 1. The zero-order valence-corrected chi connectivity index (χ0v) is 11.8. The first-order chi connectivity index (χ1) is 9.12. The van der Waals surface area contributed by atoms with Crippen LogP contribution in [0.1, 0.15) is 5.56 Å². The van der Waals surface area contributed by atoms with Gasteiger partial charge in [0.15, 0.2) is 0 Å². The number of rotatable bonds is 3. The lowest BCUT2D eigenvalue weighted by Crippen LogP contribution is -1.92. The van der Waals surface area contributed by atoms with Crippen LogP contribution in [-0.4, -0.2) is 7.11 Å². The smallest absolute Gasteiger partial charge is 0.148 e. The van der Waals surface area contributed by atoms with E-state index in [1.165, 1.54) is 0 Å². The highest BCUT2D eigenvalue weighted by atomic mass is 79.9. The quantitative estimate of drug-likeness (QED) is 0.876. The summed E-state index contributed by atoms with van der Waals surface area (Å²) >= 11 is 3.34. The second-order valence-corrected chi connectivity index (χ2v) is 4.71. The summed E-state index contributed by atoms with van der Waals surface area (Å²) in [6, 6.07) is 12.3. The van der Waals surface area contributed by atoms with Crippen LogP contribution in [0.5, 0.6) is 17.2 Å². The van der Waals surface area contributed by atoms with Crippen LogP contribution < -0.4 is 15.2 Å². The average Bonchev–Trinajstić information content (AvgIpc) is 2.37. The molecule has 0 fully saturated rings. The molecule has 2 N–H and O–H groups in total. The van der Waals surface area contributed by atoms with Crippen LogP contribution in [0.3, 0.4) is 0 Å². The molecule has 0 amide bonds. The lowest BCUT2D eigenvalue weighted by atomic mass is 10.2. The average molecular weight is 319 g/mol. The summed E-state index contributed by atoms with van der Waals surface area (Å²) in [7, 11) is 1.56. The molecular weight excluding hydrogens is 308 g/mol. The molecule has 19 heavy (non-hydrogen) atoms. The zero-order chi connectivity index (χ0) is 13.8. The minimum Gasteiger partial charge on any atom is -0.497 e. The highest BCUT2D eigenvalue weighted by Crippen LogP contribution is 2.31. The molecule has 0 saturated carbocycles. The lowest BCUT2D eigenvalue weighted by molar-refractivity contribution is 0.409. The molecule has 2 aromatic rings. The van der Waals surface area contributed by atoms with E-state index in [1.54, 1.807) is 43.5 Å². The summed E-state index contributed by atoms with van der Waals surface area (Å²) in [6.07, 6.45) is 0. The predicted molar refractivity (Wildman–Crippen MR) is 76.3 cm³/mol. The zero-order valence-electron chi connectivity index (χ0n) is 10.2. The van der Waals surface area contributed by atoms with Crippen molar-refractivity contribution in [1.29, 1.82) is 5.26 Å². The minimum atomic E-state index is 0.430. The molecule has 0 aromatic heterocycles. The maximum absolute atomic E-state index is 9.06. The summed E-state index contributed by atoms with van der Waals surface area (Å²) in [5.41, 5.74) is 6.74. The Morgan fingerprint density at radius 1 is 1.16 bits per heavy atom. The van der Waals surface area contributed by atoms with Crippen molar-refractivity contribution in [1.82, 2.24) is 0 Å². The van der Waals surface area contributed by atoms with Crippen LogP contribution in [0.25, 0.3) is 0 Å². The molecule has 0 aliphatic heterocycles. The number of nitriles is 1. The SMILES string of the molecule is COc1ccc(C#N)c(Oc2cc(N)cc(Br)c2)c1. The summed E-state index contributed by atoms with van der Waals surface area (Å²) < 4.78 is 11.6. The highest BCUT2D eigenvalue weighted by Gasteiger charge is 2.07. The predicted octanol–water partition coefficient (Wildman–Crippen LogP) is 3.70. The van der Waals surface area contributed by atoms with Gasteiger partial charge in [-0.15, -0.1) is 0 Å². The van der Waals surface area contributed by atoms with E-state index in [0.29, 0.717) is 28.5 Å². The Morgan fingerprint density at radius 3 is 2.58 bits per heavy atom. The molecule has 2 aromatic carbocycles. The first kappa shape index (κ1) is 13.2. The Balaban J connectivity index is 2.39. The van der Waals surface area contributed by atoms with Crippen LogP contribution in [0.4, 0.5) is 5.69 Å². The standard InChI is InChI=1S/C14H11BrN2O2/c1-18-12-3-2-9(8-16)14(7-12)19-13-5-10(15)4-11(17)6-13/h2-7H,17H2,1H3. The van der Waals surface area contributed by atoms with Crippen molar-refractivity contribution >= 4 is 21.6 Å². The van der Waals surface area contributed by atoms with E-state index in [-0.39, 0.29) is 0 Å². The lowest BCUT2D eigenvalue weighted by Gasteiger charge is -2.10. The van der Waals surface area contributed by atoms with Crippen LogP contribution in [0, 0.1) is 11.3 Å². The van der Waals surface area contributed by atoms with Gasteiger partial charge in [-0.1, -0.05) is 15.9 Å². The van der Waals surface area contributed by atoms with Gasteiger partial charge in [0.25, 0.3) is 0 Å². The third-order valence-corrected chi connectivity index (χ3v) is 2.89. The van der Waals surface area contributed by atoms with Gasteiger partial charge in [0.1, 0.15) is 23.3 Å². The molecule has 0 unspecified atom stereocenters. The first-order valence-electron chi connectivity index (χ1n) is 5.44. The fraction of sp³-hybridized carbons (Fsp3) is 0.0714. The number of anilines is 1. The monoisotopic (exact) mass is 318 g/mol. The van der Waals surface area contributed by atoms with Crippen molar-refractivity contribution in [3.8, 4) is 23.3 Å². The van der Waals surface area contributed by atoms with Gasteiger partial charge < -0.3 is 15.2 Å². The molecule has 4 nitrogen and oxygen atoms in total. The van der Waals surface area contributed by atoms with Gasteiger partial charge in [0.2, 0.25) is 0 Å². The molecule has 0 atom stereocenters. The number of hydrogen-bond donors (Lipinski definition) is 1. The largest absolute Gasteiger partial charge is 0.497 e. The van der Waals surface area contributed by atoms with Crippen LogP contribution in [-0.2, 0) is 0 Å². The summed E-state index contributed by atoms with van der Waals surface area (Å²) in [5, 5.41) is 9.06. The number of benzene rings is 2. The van der Waals surface area contributed by atoms with Crippen LogP contribution in [0.15, 0.2) is 40.9 Å². The van der Waals surface area contributed by atoms with E-state index >= 15 is 0 Å². The summed E-state index contributed by atoms with van der Waals surface area (Å²) in [4.78, 5) is 0. The van der Waals surface area contributed by atoms with E-state index in [2.05, 4.69) is 22.0 Å². The normalized spacial score (nSPS) is 9.74. The fourth-order valence-electron chi connectivity index (χ4n) is 1.58. The number of halogens is 1. The second-order valence-electron chi connectivity index (χ2n) is 3.80. The van der Waals surface area contributed by atoms with Gasteiger partial charge in [0.05, 0.1) is 12.7 Å². The second kappa shape index (κ2) is 5.63. The number of ether oxygens (including phenoxy) is 2. The molecule has 5 heteroatoms. The summed E-state index contributed by atoms with van der Waals surface area (Å²) in [6.45, 7) is 0. The van der Waals surface area contributed by atoms with E-state index in [0.717, 1.165) is 4.47 Å². The van der Waals surface area contributed by atoms with E-state index < -0.39 is 0 Å². The van der Waals surface area contributed by atoms with Gasteiger partial charge in [-0.2, -0.15) is 5.26 Å². The Labute approximate surface area is 119 Å². The number of methoxy groups -OCH3 is 1.